The first-order valence-corrected chi connectivity index (χ1v) is 4.89. The molecule has 0 aliphatic rings. The Hall–Kier alpha value is -1.39. The highest BCUT2D eigenvalue weighted by Gasteiger charge is 2.08. The number of hydrogen-bond acceptors (Lipinski definition) is 3. The van der Waals surface area contributed by atoms with Crippen LogP contribution in [0.25, 0.3) is 0 Å². The maximum Gasteiger partial charge on any atom is 0.119 e. The fraction of sp³-hybridized carbons (Fsp3) is 0.200. The molecule has 0 spiro atoms. The molecule has 0 saturated carbocycles. The van der Waals surface area contributed by atoms with E-state index in [0.717, 1.165) is 5.56 Å². The van der Waals surface area contributed by atoms with E-state index in [-0.39, 0.29) is 0 Å². The van der Waals surface area contributed by atoms with E-state index in [1.807, 2.05) is 12.1 Å². The van der Waals surface area contributed by atoms with Gasteiger partial charge in [0.1, 0.15) is 12.7 Å². The second-order valence-corrected chi connectivity index (χ2v) is 3.67. The SMILES string of the molecule is OC(Cn1cnnc1)c1cccc(Cl)c1. The highest BCUT2D eigenvalue weighted by Crippen LogP contribution is 2.18. The van der Waals surface area contributed by atoms with Crippen LogP contribution in [-0.4, -0.2) is 19.9 Å². The topological polar surface area (TPSA) is 50.9 Å². The summed E-state index contributed by atoms with van der Waals surface area (Å²) in [5, 5.41) is 17.8. The van der Waals surface area contributed by atoms with Crippen molar-refractivity contribution in [2.45, 2.75) is 12.6 Å². The van der Waals surface area contributed by atoms with Gasteiger partial charge in [0.25, 0.3) is 0 Å². The highest BCUT2D eigenvalue weighted by atomic mass is 35.5. The van der Waals surface area contributed by atoms with Crippen LogP contribution in [-0.2, 0) is 6.54 Å². The van der Waals surface area contributed by atoms with Crippen molar-refractivity contribution >= 4 is 11.6 Å². The zero-order valence-electron chi connectivity index (χ0n) is 7.92. The first kappa shape index (κ1) is 10.1. The summed E-state index contributed by atoms with van der Waals surface area (Å²) in [5.74, 6) is 0. The smallest absolute Gasteiger partial charge is 0.119 e. The van der Waals surface area contributed by atoms with Crippen LogP contribution in [0.15, 0.2) is 36.9 Å². The minimum Gasteiger partial charge on any atom is -0.387 e. The van der Waals surface area contributed by atoms with Gasteiger partial charge in [0.2, 0.25) is 0 Å². The van der Waals surface area contributed by atoms with E-state index in [1.165, 1.54) is 0 Å². The fourth-order valence-corrected chi connectivity index (χ4v) is 1.53. The Balaban J connectivity index is 2.11. The van der Waals surface area contributed by atoms with Crippen molar-refractivity contribution < 1.29 is 5.11 Å². The summed E-state index contributed by atoms with van der Waals surface area (Å²) >= 11 is 5.83. The van der Waals surface area contributed by atoms with Gasteiger partial charge >= 0.3 is 0 Å². The average molecular weight is 224 g/mol. The monoisotopic (exact) mass is 223 g/mol. The van der Waals surface area contributed by atoms with Gasteiger partial charge in [-0.15, -0.1) is 10.2 Å². The maximum atomic E-state index is 9.88. The van der Waals surface area contributed by atoms with Gasteiger partial charge in [0, 0.05) is 5.02 Å². The van der Waals surface area contributed by atoms with Gasteiger partial charge in [-0.2, -0.15) is 0 Å². The lowest BCUT2D eigenvalue weighted by Crippen LogP contribution is -2.06. The molecular formula is C10H10ClN3O. The van der Waals surface area contributed by atoms with Crippen molar-refractivity contribution in [2.24, 2.45) is 0 Å². The molecule has 5 heteroatoms. The van der Waals surface area contributed by atoms with Crippen LogP contribution in [0.2, 0.25) is 5.02 Å². The third-order valence-electron chi connectivity index (χ3n) is 2.08. The summed E-state index contributed by atoms with van der Waals surface area (Å²) in [6.45, 7) is 0.424. The molecule has 0 bridgehead atoms. The lowest BCUT2D eigenvalue weighted by atomic mass is 10.1. The van der Waals surface area contributed by atoms with Crippen molar-refractivity contribution in [1.82, 2.24) is 14.8 Å². The van der Waals surface area contributed by atoms with Crippen molar-refractivity contribution in [3.05, 3.63) is 47.5 Å². The second-order valence-electron chi connectivity index (χ2n) is 3.23. The Kier molecular flexibility index (Phi) is 2.99. The Morgan fingerprint density at radius 3 is 2.73 bits per heavy atom. The van der Waals surface area contributed by atoms with E-state index in [1.54, 1.807) is 29.4 Å². The molecule has 1 atom stereocenters. The summed E-state index contributed by atoms with van der Waals surface area (Å²) in [6, 6.07) is 7.17. The van der Waals surface area contributed by atoms with Crippen LogP contribution < -0.4 is 0 Å². The number of rotatable bonds is 3. The fourth-order valence-electron chi connectivity index (χ4n) is 1.34. The number of aliphatic hydroxyl groups excluding tert-OH is 1. The van der Waals surface area contributed by atoms with Crippen LogP contribution >= 0.6 is 11.6 Å². The molecule has 1 unspecified atom stereocenters. The molecule has 0 saturated heterocycles. The second kappa shape index (κ2) is 4.42. The average Bonchev–Trinajstić information content (AvgIpc) is 2.70. The van der Waals surface area contributed by atoms with Crippen LogP contribution in [0.1, 0.15) is 11.7 Å². The minimum absolute atomic E-state index is 0.424. The zero-order valence-corrected chi connectivity index (χ0v) is 8.67. The normalized spacial score (nSPS) is 12.7. The summed E-state index contributed by atoms with van der Waals surface area (Å²) in [4.78, 5) is 0. The Morgan fingerprint density at radius 2 is 2.07 bits per heavy atom. The van der Waals surface area contributed by atoms with Crippen LogP contribution in [0, 0.1) is 0 Å². The summed E-state index contributed by atoms with van der Waals surface area (Å²) in [5.41, 5.74) is 0.788. The standard InChI is InChI=1S/C10H10ClN3O/c11-9-3-1-2-8(4-9)10(15)5-14-6-12-13-7-14/h1-4,6-7,10,15H,5H2. The van der Waals surface area contributed by atoms with Gasteiger partial charge in [-0.1, -0.05) is 23.7 Å². The van der Waals surface area contributed by atoms with Crippen LogP contribution in [0.4, 0.5) is 0 Å². The zero-order chi connectivity index (χ0) is 10.7. The Labute approximate surface area is 92.1 Å². The number of halogens is 1. The molecule has 2 rings (SSSR count). The van der Waals surface area contributed by atoms with Gasteiger partial charge < -0.3 is 9.67 Å². The van der Waals surface area contributed by atoms with Gasteiger partial charge in [-0.3, -0.25) is 0 Å². The van der Waals surface area contributed by atoms with E-state index in [0.29, 0.717) is 11.6 Å². The molecular weight excluding hydrogens is 214 g/mol. The lowest BCUT2D eigenvalue weighted by molar-refractivity contribution is 0.156. The number of aromatic nitrogens is 3. The molecule has 1 heterocycles. The molecule has 0 aliphatic carbocycles. The molecule has 2 aromatic rings. The highest BCUT2D eigenvalue weighted by molar-refractivity contribution is 6.30. The van der Waals surface area contributed by atoms with Crippen molar-refractivity contribution in [3.8, 4) is 0 Å². The van der Waals surface area contributed by atoms with E-state index < -0.39 is 6.10 Å². The van der Waals surface area contributed by atoms with Crippen LogP contribution in [0.3, 0.4) is 0 Å². The molecule has 78 valence electrons. The third-order valence-corrected chi connectivity index (χ3v) is 2.32. The number of nitrogens with zero attached hydrogens (tertiary/aromatic N) is 3. The van der Waals surface area contributed by atoms with Crippen molar-refractivity contribution in [3.63, 3.8) is 0 Å². The third kappa shape index (κ3) is 2.55. The molecule has 0 radical (unpaired) electrons. The van der Waals surface area contributed by atoms with Gasteiger partial charge in [-0.05, 0) is 17.7 Å². The van der Waals surface area contributed by atoms with E-state index >= 15 is 0 Å². The van der Waals surface area contributed by atoms with Crippen molar-refractivity contribution in [2.75, 3.05) is 0 Å². The van der Waals surface area contributed by atoms with Gasteiger partial charge in [0.15, 0.2) is 0 Å². The number of hydrogen-bond donors (Lipinski definition) is 1. The van der Waals surface area contributed by atoms with E-state index in [9.17, 15) is 5.11 Å². The summed E-state index contributed by atoms with van der Waals surface area (Å²) in [7, 11) is 0. The van der Waals surface area contributed by atoms with E-state index in [2.05, 4.69) is 10.2 Å². The predicted octanol–water partition coefficient (Wildman–Crippen LogP) is 1.67. The Morgan fingerprint density at radius 1 is 1.33 bits per heavy atom. The summed E-state index contributed by atoms with van der Waals surface area (Å²) in [6.07, 6.45) is 2.53. The maximum absolute atomic E-state index is 9.88. The molecule has 0 aliphatic heterocycles. The molecule has 0 fully saturated rings. The predicted molar refractivity (Wildman–Crippen MR) is 56.4 cm³/mol. The first-order valence-electron chi connectivity index (χ1n) is 4.51. The quantitative estimate of drug-likeness (QED) is 0.861. The first-order chi connectivity index (χ1) is 7.25. The largest absolute Gasteiger partial charge is 0.387 e. The number of benzene rings is 1. The molecule has 0 amide bonds. The lowest BCUT2D eigenvalue weighted by Gasteiger charge is -2.11. The molecule has 1 aromatic heterocycles. The molecule has 1 N–H and O–H groups in total. The van der Waals surface area contributed by atoms with Gasteiger partial charge in [-0.25, -0.2) is 0 Å². The Bertz CT molecular complexity index is 430. The van der Waals surface area contributed by atoms with Gasteiger partial charge in [0.05, 0.1) is 12.6 Å². The van der Waals surface area contributed by atoms with Crippen molar-refractivity contribution in [1.29, 1.82) is 0 Å². The minimum atomic E-state index is -0.598. The summed E-state index contributed by atoms with van der Waals surface area (Å²) < 4.78 is 1.71. The number of aliphatic hydroxyl groups is 1. The van der Waals surface area contributed by atoms with E-state index in [4.69, 9.17) is 11.6 Å². The molecule has 15 heavy (non-hydrogen) atoms. The molecule has 1 aromatic carbocycles. The molecule has 4 nitrogen and oxygen atoms in total. The van der Waals surface area contributed by atoms with Crippen LogP contribution in [0.5, 0.6) is 0 Å².